The SMILES string of the molecule is CCC1=[C-]C(C)C=C1C(C)(C)C.C[C](C)=[Zr+2].[c-]1cccc2c1Cc1ccccc1-2. The fraction of sp³-hybridized carbons (Fsp3) is 0.393. The van der Waals surface area contributed by atoms with E-state index >= 15 is 0 Å². The van der Waals surface area contributed by atoms with Gasteiger partial charge in [0.15, 0.2) is 0 Å². The maximum atomic E-state index is 3.48. The van der Waals surface area contributed by atoms with Gasteiger partial charge in [-0.3, -0.25) is 6.08 Å². The maximum absolute atomic E-state index is 3.48. The summed E-state index contributed by atoms with van der Waals surface area (Å²) in [6, 6.07) is 18.1. The van der Waals surface area contributed by atoms with E-state index in [0.717, 1.165) is 12.8 Å². The number of hydrogen-bond donors (Lipinski definition) is 0. The van der Waals surface area contributed by atoms with Crippen molar-refractivity contribution in [3.8, 4) is 11.1 Å². The van der Waals surface area contributed by atoms with Crippen molar-refractivity contribution in [2.24, 2.45) is 11.3 Å². The molecule has 0 bridgehead atoms. The minimum absolute atomic E-state index is 0.295. The average molecular weight is 462 g/mol. The standard InChI is InChI=1S/C13H9.C12H19.C3H6.Zr/c1-3-7-12-10(5-1)9-11-6-2-4-8-13(11)12;1-6-10-7-9(2)8-11(10)12(3,4)5;1-3-2;/h1-5,7-8H,9H2;8-9H,6H2,1-5H3;1-2H3;/q2*-1;;+2. The van der Waals surface area contributed by atoms with Crippen LogP contribution in [0.3, 0.4) is 0 Å². The minimum Gasteiger partial charge on any atom is -0.179 e. The minimum atomic E-state index is 0.295. The smallest absolute Gasteiger partial charge is 0.0253 e. The van der Waals surface area contributed by atoms with E-state index in [4.69, 9.17) is 0 Å². The van der Waals surface area contributed by atoms with E-state index in [0.29, 0.717) is 11.3 Å². The van der Waals surface area contributed by atoms with Crippen molar-refractivity contribution in [1.82, 2.24) is 0 Å². The van der Waals surface area contributed by atoms with Crippen LogP contribution in [0.15, 0.2) is 59.7 Å². The molecule has 0 spiro atoms. The Morgan fingerprint density at radius 1 is 1.07 bits per heavy atom. The van der Waals surface area contributed by atoms with Crippen LogP contribution in [0.5, 0.6) is 0 Å². The molecule has 0 nitrogen and oxygen atoms in total. The zero-order valence-electron chi connectivity index (χ0n) is 19.1. The summed E-state index contributed by atoms with van der Waals surface area (Å²) in [5.74, 6) is 0.522. The molecule has 0 N–H and O–H groups in total. The Hall–Kier alpha value is -1.33. The zero-order valence-corrected chi connectivity index (χ0v) is 21.6. The van der Waals surface area contributed by atoms with Gasteiger partial charge in [-0.05, 0) is 6.42 Å². The molecule has 0 aromatic heterocycles. The Morgan fingerprint density at radius 3 is 2.28 bits per heavy atom. The molecule has 2 aromatic carbocycles. The molecule has 1 heteroatoms. The molecular formula is C28H34Zr. The molecule has 150 valence electrons. The Balaban J connectivity index is 0.000000176. The van der Waals surface area contributed by atoms with E-state index in [9.17, 15) is 0 Å². The monoisotopic (exact) mass is 460 g/mol. The summed E-state index contributed by atoms with van der Waals surface area (Å²) in [6.45, 7) is 15.5. The molecule has 1 unspecified atom stereocenters. The molecule has 0 amide bonds. The Morgan fingerprint density at radius 2 is 1.69 bits per heavy atom. The molecule has 2 aromatic rings. The van der Waals surface area contributed by atoms with Gasteiger partial charge in [0.2, 0.25) is 0 Å². The summed E-state index contributed by atoms with van der Waals surface area (Å²) in [4.78, 5) is 0. The first-order valence-corrected chi connectivity index (χ1v) is 11.8. The van der Waals surface area contributed by atoms with Gasteiger partial charge in [0.25, 0.3) is 0 Å². The third-order valence-electron chi connectivity index (χ3n) is 4.92. The summed E-state index contributed by atoms with van der Waals surface area (Å²) in [7, 11) is 0. The Bertz CT molecular complexity index is 858. The topological polar surface area (TPSA) is 0 Å². The number of hydrogen-bond acceptors (Lipinski definition) is 0. The molecule has 29 heavy (non-hydrogen) atoms. The molecule has 0 fully saturated rings. The third kappa shape index (κ3) is 6.85. The van der Waals surface area contributed by atoms with Crippen molar-refractivity contribution < 1.29 is 24.2 Å². The van der Waals surface area contributed by atoms with Crippen LogP contribution in [0.4, 0.5) is 0 Å². The first kappa shape index (κ1) is 23.9. The van der Waals surface area contributed by atoms with Crippen LogP contribution in [-0.2, 0) is 30.7 Å². The van der Waals surface area contributed by atoms with Crippen molar-refractivity contribution in [3.63, 3.8) is 0 Å². The Labute approximate surface area is 193 Å². The van der Waals surface area contributed by atoms with Crippen LogP contribution in [0, 0.1) is 23.5 Å². The zero-order chi connectivity index (χ0) is 21.6. The second-order valence-electron chi connectivity index (χ2n) is 8.99. The second kappa shape index (κ2) is 10.6. The normalized spacial score (nSPS) is 16.4. The second-order valence-corrected chi connectivity index (χ2v) is 11.4. The van der Waals surface area contributed by atoms with Gasteiger partial charge in [0.1, 0.15) is 0 Å². The van der Waals surface area contributed by atoms with Gasteiger partial charge < -0.3 is 0 Å². The van der Waals surface area contributed by atoms with Gasteiger partial charge in [0, 0.05) is 0 Å². The summed E-state index contributed by atoms with van der Waals surface area (Å²) in [6.07, 6.45) is 8.00. The molecule has 0 heterocycles. The van der Waals surface area contributed by atoms with E-state index in [-0.39, 0.29) is 0 Å². The molecule has 0 radical (unpaired) electrons. The molecule has 0 saturated carbocycles. The average Bonchev–Trinajstić information content (AvgIpc) is 3.22. The predicted molar refractivity (Wildman–Crippen MR) is 124 cm³/mol. The van der Waals surface area contributed by atoms with Crippen LogP contribution in [-0.4, -0.2) is 3.21 Å². The van der Waals surface area contributed by atoms with Crippen molar-refractivity contribution in [1.29, 1.82) is 0 Å². The van der Waals surface area contributed by atoms with Crippen LogP contribution >= 0.6 is 0 Å². The van der Waals surface area contributed by atoms with E-state index in [1.807, 2.05) is 6.07 Å². The van der Waals surface area contributed by atoms with Crippen molar-refractivity contribution in [2.45, 2.75) is 61.3 Å². The summed E-state index contributed by atoms with van der Waals surface area (Å²) < 4.78 is 1.51. The summed E-state index contributed by atoms with van der Waals surface area (Å²) >= 11 is 1.55. The van der Waals surface area contributed by atoms with Gasteiger partial charge in [-0.1, -0.05) is 87.8 Å². The van der Waals surface area contributed by atoms with Gasteiger partial charge in [-0.25, -0.2) is 5.57 Å². The number of fused-ring (bicyclic) bond motifs is 3. The molecule has 4 rings (SSSR count). The molecule has 0 saturated heterocycles. The third-order valence-corrected chi connectivity index (χ3v) is 4.92. The maximum Gasteiger partial charge on any atom is -0.0253 e. The first-order chi connectivity index (χ1) is 13.6. The van der Waals surface area contributed by atoms with Crippen molar-refractivity contribution >= 4 is 3.21 Å². The molecule has 0 aliphatic heterocycles. The fourth-order valence-electron chi connectivity index (χ4n) is 3.74. The summed E-state index contributed by atoms with van der Waals surface area (Å²) in [5, 5.41) is 0. The molecule has 1 atom stereocenters. The van der Waals surface area contributed by atoms with Gasteiger partial charge in [0.05, 0.1) is 0 Å². The fourth-order valence-corrected chi connectivity index (χ4v) is 3.74. The largest absolute Gasteiger partial charge is 0.179 e. The first-order valence-electron chi connectivity index (χ1n) is 10.6. The number of allylic oxidation sites excluding steroid dienone is 4. The number of rotatable bonds is 1. The molecular weight excluding hydrogens is 428 g/mol. The summed E-state index contributed by atoms with van der Waals surface area (Å²) in [5.41, 5.74) is 8.73. The van der Waals surface area contributed by atoms with Crippen molar-refractivity contribution in [2.75, 3.05) is 0 Å². The van der Waals surface area contributed by atoms with Crippen LogP contribution in [0.2, 0.25) is 0 Å². The molecule has 2 aliphatic carbocycles. The van der Waals surface area contributed by atoms with Gasteiger partial charge in [-0.15, -0.1) is 5.56 Å². The number of benzene rings is 2. The predicted octanol–water partition coefficient (Wildman–Crippen LogP) is 7.55. The van der Waals surface area contributed by atoms with Crippen LogP contribution < -0.4 is 0 Å². The van der Waals surface area contributed by atoms with E-state index in [1.54, 1.807) is 24.2 Å². The Kier molecular flexibility index (Phi) is 8.78. The van der Waals surface area contributed by atoms with Gasteiger partial charge in [-0.2, -0.15) is 41.5 Å². The molecule has 2 aliphatic rings. The van der Waals surface area contributed by atoms with E-state index in [2.05, 4.69) is 103 Å². The van der Waals surface area contributed by atoms with Crippen LogP contribution in [0.1, 0.15) is 66.0 Å². The van der Waals surface area contributed by atoms with Crippen molar-refractivity contribution in [3.05, 3.63) is 83.0 Å². The quantitative estimate of drug-likeness (QED) is 0.328. The van der Waals surface area contributed by atoms with E-state index in [1.165, 1.54) is 36.6 Å². The van der Waals surface area contributed by atoms with Gasteiger partial charge >= 0.3 is 41.3 Å². The van der Waals surface area contributed by atoms with E-state index < -0.39 is 0 Å². The van der Waals surface area contributed by atoms with Crippen LogP contribution in [0.25, 0.3) is 11.1 Å².